The van der Waals surface area contributed by atoms with Gasteiger partial charge < -0.3 is 4.52 Å². The molecule has 0 bridgehead atoms. The van der Waals surface area contributed by atoms with Crippen LogP contribution in [0.1, 0.15) is 50.2 Å². The smallest absolute Gasteiger partial charge is 0.338 e. The minimum atomic E-state index is -4.38. The first kappa shape index (κ1) is 16.8. The van der Waals surface area contributed by atoms with Crippen molar-refractivity contribution in [1.29, 1.82) is 0 Å². The van der Waals surface area contributed by atoms with Crippen LogP contribution < -0.4 is 0 Å². The summed E-state index contributed by atoms with van der Waals surface area (Å²) in [6.07, 6.45) is -3.56. The highest BCUT2D eigenvalue weighted by Gasteiger charge is 2.31. The lowest BCUT2D eigenvalue weighted by molar-refractivity contribution is -0.137. The first-order valence-electron chi connectivity index (χ1n) is 6.61. The fraction of sp³-hybridized carbons (Fsp3) is 0.500. The minimum Gasteiger partial charge on any atom is -0.338 e. The number of pyridine rings is 1. The molecule has 22 heavy (non-hydrogen) atoms. The van der Waals surface area contributed by atoms with Crippen molar-refractivity contribution < 1.29 is 17.7 Å². The summed E-state index contributed by atoms with van der Waals surface area (Å²) in [5, 5.41) is 4.20. The molecule has 0 fully saturated rings. The lowest BCUT2D eigenvalue weighted by atomic mass is 9.96. The molecule has 0 amide bonds. The van der Waals surface area contributed by atoms with E-state index in [4.69, 9.17) is 4.52 Å². The summed E-state index contributed by atoms with van der Waals surface area (Å²) in [7, 11) is 0. The van der Waals surface area contributed by atoms with Crippen LogP contribution in [0.3, 0.4) is 0 Å². The molecule has 0 aliphatic carbocycles. The highest BCUT2D eigenvalue weighted by molar-refractivity contribution is 7.99. The van der Waals surface area contributed by atoms with Gasteiger partial charge in [0.05, 0.1) is 15.8 Å². The van der Waals surface area contributed by atoms with E-state index in [2.05, 4.69) is 15.1 Å². The summed E-state index contributed by atoms with van der Waals surface area (Å²) in [4.78, 5) is 8.15. The summed E-state index contributed by atoms with van der Waals surface area (Å²) >= 11 is 1.27. The van der Waals surface area contributed by atoms with E-state index in [1.54, 1.807) is 0 Å². The molecular weight excluding hydrogens is 315 g/mol. The average molecular weight is 331 g/mol. The van der Waals surface area contributed by atoms with E-state index >= 15 is 0 Å². The molecule has 0 saturated heterocycles. The Bertz CT molecular complexity index is 632. The maximum absolute atomic E-state index is 12.5. The van der Waals surface area contributed by atoms with Crippen LogP contribution in [0.25, 0.3) is 0 Å². The molecule has 2 aromatic rings. The quantitative estimate of drug-likeness (QED) is 0.767. The Hall–Kier alpha value is -1.57. The molecule has 0 saturated carbocycles. The number of nitrogens with zero attached hydrogens (tertiary/aromatic N) is 3. The first-order chi connectivity index (χ1) is 10.1. The second-order valence-electron chi connectivity index (χ2n) is 5.85. The molecule has 2 aromatic heterocycles. The first-order valence-corrected chi connectivity index (χ1v) is 7.49. The maximum atomic E-state index is 12.5. The SMILES string of the molecule is CC(Sc1ccc(C(F)(F)F)cn1)c1nc(C(C)(C)C)no1. The molecular formula is C14H16F3N3OS. The molecule has 1 unspecified atom stereocenters. The predicted molar refractivity (Wildman–Crippen MR) is 76.5 cm³/mol. The van der Waals surface area contributed by atoms with Crippen LogP contribution in [0.5, 0.6) is 0 Å². The van der Waals surface area contributed by atoms with Crippen LogP contribution in [-0.4, -0.2) is 15.1 Å². The number of thioether (sulfide) groups is 1. The van der Waals surface area contributed by atoms with Crippen molar-refractivity contribution in [3.8, 4) is 0 Å². The van der Waals surface area contributed by atoms with Gasteiger partial charge in [0.25, 0.3) is 0 Å². The Balaban J connectivity index is 2.09. The van der Waals surface area contributed by atoms with E-state index in [0.717, 1.165) is 12.3 Å². The Labute approximate surface area is 130 Å². The summed E-state index contributed by atoms with van der Waals surface area (Å²) in [6, 6.07) is 2.35. The van der Waals surface area contributed by atoms with Crippen LogP contribution in [0.4, 0.5) is 13.2 Å². The fourth-order valence-corrected chi connectivity index (χ4v) is 2.37. The average Bonchev–Trinajstić information content (AvgIpc) is 2.87. The monoisotopic (exact) mass is 331 g/mol. The molecule has 2 rings (SSSR count). The maximum Gasteiger partial charge on any atom is 0.417 e. The molecule has 0 aromatic carbocycles. The zero-order chi connectivity index (χ0) is 16.5. The van der Waals surface area contributed by atoms with Crippen molar-refractivity contribution in [2.75, 3.05) is 0 Å². The summed E-state index contributed by atoms with van der Waals surface area (Å²) in [6.45, 7) is 7.74. The van der Waals surface area contributed by atoms with Gasteiger partial charge in [-0.1, -0.05) is 37.7 Å². The van der Waals surface area contributed by atoms with Crippen molar-refractivity contribution in [1.82, 2.24) is 15.1 Å². The van der Waals surface area contributed by atoms with Crippen molar-refractivity contribution >= 4 is 11.8 Å². The van der Waals surface area contributed by atoms with Gasteiger partial charge in [-0.2, -0.15) is 18.2 Å². The van der Waals surface area contributed by atoms with Gasteiger partial charge in [0.1, 0.15) is 0 Å². The third-order valence-electron chi connectivity index (χ3n) is 2.82. The lowest BCUT2D eigenvalue weighted by Crippen LogP contribution is -2.13. The van der Waals surface area contributed by atoms with Crippen molar-refractivity contribution in [3.05, 3.63) is 35.6 Å². The number of hydrogen-bond acceptors (Lipinski definition) is 5. The number of halogens is 3. The fourth-order valence-electron chi connectivity index (χ4n) is 1.55. The van der Waals surface area contributed by atoms with Gasteiger partial charge in [-0.15, -0.1) is 0 Å². The van der Waals surface area contributed by atoms with Gasteiger partial charge >= 0.3 is 6.18 Å². The van der Waals surface area contributed by atoms with Gasteiger partial charge in [-0.25, -0.2) is 4.98 Å². The Morgan fingerprint density at radius 2 is 1.86 bits per heavy atom. The highest BCUT2D eigenvalue weighted by Crippen LogP contribution is 2.35. The summed E-state index contributed by atoms with van der Waals surface area (Å²) in [5.41, 5.74) is -0.990. The molecule has 8 heteroatoms. The van der Waals surface area contributed by atoms with Crippen LogP contribution in [0.15, 0.2) is 27.9 Å². The van der Waals surface area contributed by atoms with E-state index in [1.165, 1.54) is 17.8 Å². The third-order valence-corrected chi connectivity index (χ3v) is 3.86. The zero-order valence-electron chi connectivity index (χ0n) is 12.6. The van der Waals surface area contributed by atoms with Gasteiger partial charge in [-0.3, -0.25) is 0 Å². The van der Waals surface area contributed by atoms with Gasteiger partial charge in [-0.05, 0) is 19.1 Å². The van der Waals surface area contributed by atoms with E-state index < -0.39 is 11.7 Å². The number of alkyl halides is 3. The molecule has 0 spiro atoms. The third kappa shape index (κ3) is 4.00. The molecule has 0 radical (unpaired) electrons. The Morgan fingerprint density at radius 1 is 1.18 bits per heavy atom. The molecule has 4 nitrogen and oxygen atoms in total. The van der Waals surface area contributed by atoms with E-state index in [9.17, 15) is 13.2 Å². The second-order valence-corrected chi connectivity index (χ2v) is 7.21. The van der Waals surface area contributed by atoms with E-state index in [-0.39, 0.29) is 10.7 Å². The van der Waals surface area contributed by atoms with Crippen molar-refractivity contribution in [2.45, 2.75) is 49.6 Å². The van der Waals surface area contributed by atoms with E-state index in [0.29, 0.717) is 16.7 Å². The van der Waals surface area contributed by atoms with Crippen molar-refractivity contribution in [2.24, 2.45) is 0 Å². The Morgan fingerprint density at radius 3 is 2.32 bits per heavy atom. The molecule has 0 aliphatic rings. The zero-order valence-corrected chi connectivity index (χ0v) is 13.4. The van der Waals surface area contributed by atoms with Gasteiger partial charge in [0.15, 0.2) is 5.82 Å². The van der Waals surface area contributed by atoms with Gasteiger partial charge in [0, 0.05) is 11.6 Å². The topological polar surface area (TPSA) is 51.8 Å². The van der Waals surface area contributed by atoms with E-state index in [1.807, 2.05) is 27.7 Å². The normalized spacial score (nSPS) is 14.1. The lowest BCUT2D eigenvalue weighted by Gasteiger charge is -2.11. The number of rotatable bonds is 3. The molecule has 120 valence electrons. The highest BCUT2D eigenvalue weighted by atomic mass is 32.2. The van der Waals surface area contributed by atoms with Crippen LogP contribution in [0, 0.1) is 0 Å². The summed E-state index contributed by atoms with van der Waals surface area (Å²) < 4.78 is 42.7. The number of hydrogen-bond donors (Lipinski definition) is 0. The van der Waals surface area contributed by atoms with Gasteiger partial charge in [0.2, 0.25) is 5.89 Å². The minimum absolute atomic E-state index is 0.201. The molecule has 0 N–H and O–H groups in total. The Kier molecular flexibility index (Phi) is 4.51. The molecule has 0 aliphatic heterocycles. The second kappa shape index (κ2) is 5.91. The predicted octanol–water partition coefficient (Wildman–Crippen LogP) is 4.63. The standard InChI is InChI=1S/C14H16F3N3OS/c1-8(11-19-12(20-21-11)13(2,3)4)22-10-6-5-9(7-18-10)14(15,16)17/h5-8H,1-4H3. The summed E-state index contributed by atoms with van der Waals surface area (Å²) in [5.74, 6) is 1.02. The molecule has 2 heterocycles. The molecule has 1 atom stereocenters. The van der Waals surface area contributed by atoms with Crippen LogP contribution in [-0.2, 0) is 11.6 Å². The van der Waals surface area contributed by atoms with Crippen molar-refractivity contribution in [3.63, 3.8) is 0 Å². The largest absolute Gasteiger partial charge is 0.417 e. The van der Waals surface area contributed by atoms with Crippen LogP contribution >= 0.6 is 11.8 Å². The number of aromatic nitrogens is 3. The van der Waals surface area contributed by atoms with Crippen LogP contribution in [0.2, 0.25) is 0 Å².